The van der Waals surface area contributed by atoms with Gasteiger partial charge in [0.1, 0.15) is 0 Å². The molecule has 0 saturated heterocycles. The Morgan fingerprint density at radius 3 is 2.53 bits per heavy atom. The van der Waals surface area contributed by atoms with Crippen molar-refractivity contribution in [1.82, 2.24) is 0 Å². The molecule has 1 aliphatic rings. The molecule has 0 amide bonds. The van der Waals surface area contributed by atoms with Crippen molar-refractivity contribution < 1.29 is 9.53 Å². The summed E-state index contributed by atoms with van der Waals surface area (Å²) in [6.45, 7) is 0. The molecule has 1 fully saturated rings. The average Bonchev–Trinajstić information content (AvgIpc) is 2.42. The van der Waals surface area contributed by atoms with Crippen molar-refractivity contribution in [3.05, 3.63) is 33.8 Å². The first-order chi connectivity index (χ1) is 9.13. The second-order valence-electron chi connectivity index (χ2n) is 5.06. The van der Waals surface area contributed by atoms with Crippen LogP contribution in [0.1, 0.15) is 43.6 Å². The molecule has 1 atom stereocenters. The lowest BCUT2D eigenvalue weighted by molar-refractivity contribution is -0.144. The van der Waals surface area contributed by atoms with Crippen LogP contribution in [0.3, 0.4) is 0 Å². The number of halogens is 2. The molecule has 4 heteroatoms. The van der Waals surface area contributed by atoms with E-state index in [1.807, 2.05) is 6.07 Å². The standard InChI is InChI=1S/C15H18Cl2O2/c1-19-15(18)14(10-5-3-2-4-6-10)12-8-7-11(16)9-13(12)17/h7-10,14H,2-6H2,1H3. The maximum absolute atomic E-state index is 12.1. The molecule has 0 spiro atoms. The normalized spacial score (nSPS) is 18.1. The van der Waals surface area contributed by atoms with Crippen LogP contribution in [0.2, 0.25) is 10.0 Å². The first kappa shape index (κ1) is 14.7. The van der Waals surface area contributed by atoms with Gasteiger partial charge in [-0.05, 0) is 36.5 Å². The van der Waals surface area contributed by atoms with E-state index in [9.17, 15) is 4.79 Å². The van der Waals surface area contributed by atoms with Crippen molar-refractivity contribution in [1.29, 1.82) is 0 Å². The van der Waals surface area contributed by atoms with Crippen LogP contribution in [0, 0.1) is 5.92 Å². The quantitative estimate of drug-likeness (QED) is 0.747. The Kier molecular flexibility index (Phi) is 5.12. The van der Waals surface area contributed by atoms with E-state index in [0.717, 1.165) is 18.4 Å². The summed E-state index contributed by atoms with van der Waals surface area (Å²) in [4.78, 5) is 12.1. The Labute approximate surface area is 124 Å². The van der Waals surface area contributed by atoms with Crippen LogP contribution in [0.5, 0.6) is 0 Å². The van der Waals surface area contributed by atoms with Crippen LogP contribution in [0.25, 0.3) is 0 Å². The van der Waals surface area contributed by atoms with Crippen LogP contribution in [-0.2, 0) is 9.53 Å². The molecular formula is C15H18Cl2O2. The maximum atomic E-state index is 12.1. The Balaban J connectivity index is 2.33. The molecule has 0 radical (unpaired) electrons. The fourth-order valence-corrected chi connectivity index (χ4v) is 3.45. The smallest absolute Gasteiger partial charge is 0.313 e. The number of benzene rings is 1. The minimum absolute atomic E-state index is 0.198. The lowest BCUT2D eigenvalue weighted by Gasteiger charge is -2.29. The van der Waals surface area contributed by atoms with E-state index in [1.165, 1.54) is 26.4 Å². The van der Waals surface area contributed by atoms with Gasteiger partial charge in [0, 0.05) is 10.0 Å². The molecule has 1 aromatic carbocycles. The second kappa shape index (κ2) is 6.62. The summed E-state index contributed by atoms with van der Waals surface area (Å²) < 4.78 is 4.97. The van der Waals surface area contributed by atoms with Gasteiger partial charge in [0.05, 0.1) is 13.0 Å². The molecular weight excluding hydrogens is 283 g/mol. The van der Waals surface area contributed by atoms with Gasteiger partial charge in [-0.25, -0.2) is 0 Å². The predicted octanol–water partition coefficient (Wildman–Crippen LogP) is 4.83. The van der Waals surface area contributed by atoms with Gasteiger partial charge in [0.25, 0.3) is 0 Å². The zero-order valence-electron chi connectivity index (χ0n) is 11.0. The molecule has 104 valence electrons. The second-order valence-corrected chi connectivity index (χ2v) is 5.91. The molecule has 19 heavy (non-hydrogen) atoms. The average molecular weight is 301 g/mol. The fraction of sp³-hybridized carbons (Fsp3) is 0.533. The zero-order chi connectivity index (χ0) is 13.8. The number of ether oxygens (including phenoxy) is 1. The molecule has 2 rings (SSSR count). The van der Waals surface area contributed by atoms with Gasteiger partial charge >= 0.3 is 5.97 Å². The number of rotatable bonds is 3. The third-order valence-corrected chi connectivity index (χ3v) is 4.44. The van der Waals surface area contributed by atoms with E-state index < -0.39 is 0 Å². The van der Waals surface area contributed by atoms with Crippen molar-refractivity contribution in [3.63, 3.8) is 0 Å². The summed E-state index contributed by atoms with van der Waals surface area (Å²) in [6.07, 6.45) is 5.70. The van der Waals surface area contributed by atoms with Crippen LogP contribution in [0.15, 0.2) is 18.2 Å². The van der Waals surface area contributed by atoms with Crippen molar-refractivity contribution in [2.45, 2.75) is 38.0 Å². The number of carbonyl (C=O) groups excluding carboxylic acids is 1. The number of hydrogen-bond donors (Lipinski definition) is 0. The molecule has 1 aliphatic carbocycles. The van der Waals surface area contributed by atoms with Gasteiger partial charge in [-0.15, -0.1) is 0 Å². The van der Waals surface area contributed by atoms with Crippen LogP contribution >= 0.6 is 23.2 Å². The maximum Gasteiger partial charge on any atom is 0.313 e. The molecule has 0 heterocycles. The molecule has 1 unspecified atom stereocenters. The molecule has 1 saturated carbocycles. The molecule has 1 aromatic rings. The third-order valence-electron chi connectivity index (χ3n) is 3.87. The van der Waals surface area contributed by atoms with Gasteiger partial charge in [-0.3, -0.25) is 4.79 Å². The van der Waals surface area contributed by atoms with Crippen molar-refractivity contribution >= 4 is 29.2 Å². The van der Waals surface area contributed by atoms with E-state index in [2.05, 4.69) is 0 Å². The van der Waals surface area contributed by atoms with Crippen LogP contribution in [0.4, 0.5) is 0 Å². The lowest BCUT2D eigenvalue weighted by atomic mass is 9.77. The summed E-state index contributed by atoms with van der Waals surface area (Å²) >= 11 is 12.2. The van der Waals surface area contributed by atoms with Crippen molar-refractivity contribution in [3.8, 4) is 0 Å². The molecule has 0 aromatic heterocycles. The molecule has 0 N–H and O–H groups in total. The molecule has 2 nitrogen and oxygen atoms in total. The highest BCUT2D eigenvalue weighted by molar-refractivity contribution is 6.35. The summed E-state index contributed by atoms with van der Waals surface area (Å²) in [5, 5.41) is 1.13. The highest BCUT2D eigenvalue weighted by Crippen LogP contribution is 2.40. The Hall–Kier alpha value is -0.730. The highest BCUT2D eigenvalue weighted by atomic mass is 35.5. The minimum atomic E-state index is -0.268. The van der Waals surface area contributed by atoms with Gasteiger partial charge in [-0.1, -0.05) is 48.5 Å². The minimum Gasteiger partial charge on any atom is -0.469 e. The molecule has 0 aliphatic heterocycles. The Bertz CT molecular complexity index is 453. The summed E-state index contributed by atoms with van der Waals surface area (Å²) in [5.41, 5.74) is 0.838. The number of carbonyl (C=O) groups is 1. The number of hydrogen-bond acceptors (Lipinski definition) is 2. The summed E-state index contributed by atoms with van der Waals surface area (Å²) in [5.74, 6) is -0.147. The van der Waals surface area contributed by atoms with E-state index in [4.69, 9.17) is 27.9 Å². The van der Waals surface area contributed by atoms with E-state index in [-0.39, 0.29) is 11.9 Å². The summed E-state index contributed by atoms with van der Waals surface area (Å²) in [7, 11) is 1.43. The van der Waals surface area contributed by atoms with Crippen LogP contribution < -0.4 is 0 Å². The first-order valence-corrected chi connectivity index (χ1v) is 7.42. The van der Waals surface area contributed by atoms with E-state index in [0.29, 0.717) is 16.0 Å². The number of esters is 1. The van der Waals surface area contributed by atoms with Gasteiger partial charge in [0.2, 0.25) is 0 Å². The van der Waals surface area contributed by atoms with E-state index in [1.54, 1.807) is 12.1 Å². The number of methoxy groups -OCH3 is 1. The van der Waals surface area contributed by atoms with Gasteiger partial charge in [-0.2, -0.15) is 0 Å². The van der Waals surface area contributed by atoms with Crippen molar-refractivity contribution in [2.24, 2.45) is 5.92 Å². The topological polar surface area (TPSA) is 26.3 Å². The lowest BCUT2D eigenvalue weighted by Crippen LogP contribution is -2.25. The SMILES string of the molecule is COC(=O)C(c1ccc(Cl)cc1Cl)C1CCCCC1. The fourth-order valence-electron chi connectivity index (χ4n) is 2.92. The third kappa shape index (κ3) is 3.43. The molecule has 0 bridgehead atoms. The van der Waals surface area contributed by atoms with Gasteiger partial charge < -0.3 is 4.74 Å². The largest absolute Gasteiger partial charge is 0.469 e. The van der Waals surface area contributed by atoms with Crippen LogP contribution in [-0.4, -0.2) is 13.1 Å². The highest BCUT2D eigenvalue weighted by Gasteiger charge is 2.33. The Morgan fingerprint density at radius 2 is 1.95 bits per heavy atom. The van der Waals surface area contributed by atoms with Crippen molar-refractivity contribution in [2.75, 3.05) is 7.11 Å². The van der Waals surface area contributed by atoms with Gasteiger partial charge in [0.15, 0.2) is 0 Å². The summed E-state index contributed by atoms with van der Waals surface area (Å²) in [6, 6.07) is 5.32. The first-order valence-electron chi connectivity index (χ1n) is 6.66. The van der Waals surface area contributed by atoms with E-state index >= 15 is 0 Å². The zero-order valence-corrected chi connectivity index (χ0v) is 12.5. The Morgan fingerprint density at radius 1 is 1.26 bits per heavy atom. The monoisotopic (exact) mass is 300 g/mol. The predicted molar refractivity (Wildman–Crippen MR) is 77.8 cm³/mol.